The van der Waals surface area contributed by atoms with E-state index >= 15 is 0 Å². The van der Waals surface area contributed by atoms with Crippen LogP contribution in [-0.4, -0.2) is 21.1 Å². The molecule has 2 aromatic heterocycles. The number of nitrogens with one attached hydrogen (secondary N) is 1. The van der Waals surface area contributed by atoms with E-state index in [0.717, 1.165) is 31.0 Å². The zero-order valence-electron chi connectivity index (χ0n) is 11.3. The Morgan fingerprint density at radius 3 is 2.79 bits per heavy atom. The van der Waals surface area contributed by atoms with Crippen LogP contribution in [-0.2, 0) is 6.54 Å². The lowest BCUT2D eigenvalue weighted by Gasteiger charge is -2.18. The fourth-order valence-electron chi connectivity index (χ4n) is 2.10. The highest BCUT2D eigenvalue weighted by Crippen LogP contribution is 2.20. The minimum atomic E-state index is 0.00353. The molecule has 0 saturated carbocycles. The second-order valence-corrected chi connectivity index (χ2v) is 4.81. The van der Waals surface area contributed by atoms with Crippen molar-refractivity contribution in [1.29, 1.82) is 0 Å². The first-order chi connectivity index (χ1) is 9.26. The van der Waals surface area contributed by atoms with Crippen molar-refractivity contribution in [3.05, 3.63) is 47.3 Å². The molecule has 0 bridgehead atoms. The standard InChI is InChI=1S/C14H19ClN4/c1-3-8-19-9-7-17-14(19)13(16-4-2)12-6-5-11(15)10-18-12/h5-7,9-10,13,16H,3-4,8H2,1-2H3. The lowest BCUT2D eigenvalue weighted by molar-refractivity contribution is 0.535. The van der Waals surface area contributed by atoms with Gasteiger partial charge in [-0.15, -0.1) is 0 Å². The van der Waals surface area contributed by atoms with Crippen LogP contribution < -0.4 is 5.32 Å². The van der Waals surface area contributed by atoms with E-state index in [2.05, 4.69) is 33.7 Å². The fraction of sp³-hybridized carbons (Fsp3) is 0.429. The van der Waals surface area contributed by atoms with Crippen molar-refractivity contribution in [1.82, 2.24) is 19.9 Å². The van der Waals surface area contributed by atoms with E-state index in [1.807, 2.05) is 24.5 Å². The molecule has 0 aliphatic rings. The minimum absolute atomic E-state index is 0.00353. The Hall–Kier alpha value is -1.39. The van der Waals surface area contributed by atoms with Crippen molar-refractivity contribution in [3.63, 3.8) is 0 Å². The van der Waals surface area contributed by atoms with Gasteiger partial charge in [0.25, 0.3) is 0 Å². The molecule has 0 aliphatic heterocycles. The van der Waals surface area contributed by atoms with E-state index in [1.165, 1.54) is 0 Å². The van der Waals surface area contributed by atoms with Gasteiger partial charge in [0.1, 0.15) is 11.9 Å². The summed E-state index contributed by atoms with van der Waals surface area (Å²) in [4.78, 5) is 8.89. The van der Waals surface area contributed by atoms with Gasteiger partial charge in [0, 0.05) is 25.1 Å². The van der Waals surface area contributed by atoms with E-state index < -0.39 is 0 Å². The topological polar surface area (TPSA) is 42.7 Å². The van der Waals surface area contributed by atoms with Gasteiger partial charge in [-0.25, -0.2) is 4.98 Å². The molecule has 102 valence electrons. The molecule has 1 atom stereocenters. The third-order valence-corrected chi connectivity index (χ3v) is 3.15. The molecule has 0 aromatic carbocycles. The Balaban J connectivity index is 2.33. The van der Waals surface area contributed by atoms with Gasteiger partial charge < -0.3 is 9.88 Å². The van der Waals surface area contributed by atoms with Gasteiger partial charge in [-0.1, -0.05) is 25.4 Å². The second-order valence-electron chi connectivity index (χ2n) is 4.37. The van der Waals surface area contributed by atoms with Gasteiger partial charge in [0.15, 0.2) is 0 Å². The number of hydrogen-bond donors (Lipinski definition) is 1. The number of aromatic nitrogens is 3. The molecule has 0 spiro atoms. The third-order valence-electron chi connectivity index (χ3n) is 2.92. The highest BCUT2D eigenvalue weighted by atomic mass is 35.5. The van der Waals surface area contributed by atoms with Crippen LogP contribution >= 0.6 is 11.6 Å². The van der Waals surface area contributed by atoms with Crippen molar-refractivity contribution in [2.24, 2.45) is 0 Å². The maximum Gasteiger partial charge on any atom is 0.132 e. The SMILES string of the molecule is CCCn1ccnc1C(NCC)c1ccc(Cl)cn1. The molecule has 1 N–H and O–H groups in total. The average molecular weight is 279 g/mol. The van der Waals surface area contributed by atoms with Gasteiger partial charge >= 0.3 is 0 Å². The van der Waals surface area contributed by atoms with Crippen LogP contribution in [0.5, 0.6) is 0 Å². The van der Waals surface area contributed by atoms with Crippen molar-refractivity contribution in [3.8, 4) is 0 Å². The molecule has 19 heavy (non-hydrogen) atoms. The molecule has 2 heterocycles. The molecular weight excluding hydrogens is 260 g/mol. The van der Waals surface area contributed by atoms with Crippen molar-refractivity contribution in [2.45, 2.75) is 32.9 Å². The summed E-state index contributed by atoms with van der Waals surface area (Å²) in [7, 11) is 0. The third kappa shape index (κ3) is 3.33. The summed E-state index contributed by atoms with van der Waals surface area (Å²) >= 11 is 5.90. The Kier molecular flexibility index (Phi) is 4.93. The number of aryl methyl sites for hydroxylation is 1. The largest absolute Gasteiger partial charge is 0.333 e. The normalized spacial score (nSPS) is 12.6. The number of nitrogens with zero attached hydrogens (tertiary/aromatic N) is 3. The first kappa shape index (κ1) is 14.0. The molecule has 0 radical (unpaired) electrons. The predicted molar refractivity (Wildman–Crippen MR) is 77.3 cm³/mol. The molecule has 0 fully saturated rings. The molecule has 4 nitrogen and oxygen atoms in total. The zero-order valence-corrected chi connectivity index (χ0v) is 12.1. The van der Waals surface area contributed by atoms with Gasteiger partial charge in [0.2, 0.25) is 0 Å². The van der Waals surface area contributed by atoms with Crippen molar-refractivity contribution in [2.75, 3.05) is 6.54 Å². The van der Waals surface area contributed by atoms with Crippen LogP contribution in [0, 0.1) is 0 Å². The quantitative estimate of drug-likeness (QED) is 0.883. The number of hydrogen-bond acceptors (Lipinski definition) is 3. The van der Waals surface area contributed by atoms with Crippen LogP contribution in [0.1, 0.15) is 37.8 Å². The second kappa shape index (κ2) is 6.68. The number of rotatable bonds is 6. The summed E-state index contributed by atoms with van der Waals surface area (Å²) in [6.07, 6.45) is 6.61. The number of imidazole rings is 1. The minimum Gasteiger partial charge on any atom is -0.333 e. The Labute approximate surface area is 118 Å². The smallest absolute Gasteiger partial charge is 0.132 e. The highest BCUT2D eigenvalue weighted by Gasteiger charge is 2.19. The van der Waals surface area contributed by atoms with E-state index in [-0.39, 0.29) is 6.04 Å². The number of halogens is 1. The summed E-state index contributed by atoms with van der Waals surface area (Å²) in [5.41, 5.74) is 0.940. The summed E-state index contributed by atoms with van der Waals surface area (Å²) in [6, 6.07) is 3.81. The van der Waals surface area contributed by atoms with Crippen LogP contribution in [0.25, 0.3) is 0 Å². The predicted octanol–water partition coefficient (Wildman–Crippen LogP) is 3.04. The fourth-order valence-corrected chi connectivity index (χ4v) is 2.21. The van der Waals surface area contributed by atoms with Crippen LogP contribution in [0.2, 0.25) is 5.02 Å². The molecule has 0 saturated heterocycles. The average Bonchev–Trinajstić information content (AvgIpc) is 2.86. The van der Waals surface area contributed by atoms with Crippen LogP contribution in [0.4, 0.5) is 0 Å². The zero-order chi connectivity index (χ0) is 13.7. The maximum atomic E-state index is 5.90. The Morgan fingerprint density at radius 1 is 1.32 bits per heavy atom. The number of pyridine rings is 1. The van der Waals surface area contributed by atoms with E-state index in [1.54, 1.807) is 6.20 Å². The molecule has 1 unspecified atom stereocenters. The summed E-state index contributed by atoms with van der Waals surface area (Å²) < 4.78 is 2.17. The Morgan fingerprint density at radius 2 is 2.16 bits per heavy atom. The van der Waals surface area contributed by atoms with Gasteiger partial charge in [0.05, 0.1) is 10.7 Å². The van der Waals surface area contributed by atoms with Crippen LogP contribution in [0.15, 0.2) is 30.7 Å². The van der Waals surface area contributed by atoms with Crippen molar-refractivity contribution >= 4 is 11.6 Å². The van der Waals surface area contributed by atoms with Gasteiger partial charge in [-0.3, -0.25) is 4.98 Å². The summed E-state index contributed by atoms with van der Waals surface area (Å²) in [5, 5.41) is 4.08. The highest BCUT2D eigenvalue weighted by molar-refractivity contribution is 6.30. The first-order valence-electron chi connectivity index (χ1n) is 6.62. The lowest BCUT2D eigenvalue weighted by atomic mass is 10.1. The monoisotopic (exact) mass is 278 g/mol. The molecule has 0 amide bonds. The Bertz CT molecular complexity index is 506. The molecule has 5 heteroatoms. The summed E-state index contributed by atoms with van der Waals surface area (Å²) in [5.74, 6) is 0.999. The van der Waals surface area contributed by atoms with Gasteiger partial charge in [-0.05, 0) is 25.1 Å². The van der Waals surface area contributed by atoms with E-state index in [4.69, 9.17) is 11.6 Å². The molecule has 2 aromatic rings. The first-order valence-corrected chi connectivity index (χ1v) is 7.00. The van der Waals surface area contributed by atoms with Crippen LogP contribution in [0.3, 0.4) is 0 Å². The van der Waals surface area contributed by atoms with Crippen molar-refractivity contribution < 1.29 is 0 Å². The molecule has 0 aliphatic carbocycles. The molecular formula is C14H19ClN4. The molecule has 2 rings (SSSR count). The van der Waals surface area contributed by atoms with Gasteiger partial charge in [-0.2, -0.15) is 0 Å². The van der Waals surface area contributed by atoms with E-state index in [9.17, 15) is 0 Å². The lowest BCUT2D eigenvalue weighted by Crippen LogP contribution is -2.26. The van der Waals surface area contributed by atoms with E-state index in [0.29, 0.717) is 5.02 Å². The maximum absolute atomic E-state index is 5.90. The summed E-state index contributed by atoms with van der Waals surface area (Å²) in [6.45, 7) is 6.06.